The van der Waals surface area contributed by atoms with E-state index >= 15 is 0 Å². The lowest BCUT2D eigenvalue weighted by Crippen LogP contribution is -2.31. The first kappa shape index (κ1) is 12.6. The van der Waals surface area contributed by atoms with Gasteiger partial charge in [0.25, 0.3) is 0 Å². The van der Waals surface area contributed by atoms with Gasteiger partial charge in [-0.1, -0.05) is 30.3 Å². The average molecular weight is 235 g/mol. The molecule has 1 N–H and O–H groups in total. The molecule has 3 nitrogen and oxygen atoms in total. The van der Waals surface area contributed by atoms with Gasteiger partial charge in [0.1, 0.15) is 0 Å². The molecule has 1 aliphatic rings. The number of rotatable bonds is 5. The Bertz CT molecular complexity index is 337. The van der Waals surface area contributed by atoms with E-state index in [9.17, 15) is 0 Å². The molecule has 1 unspecified atom stereocenters. The standard InChI is InChI=1S/C14H21NO2/c1-14(2)16-11-13(17-14)10-15-9-8-12-6-4-3-5-7-12/h3-7,13,15H,8-11H2,1-2H3. The van der Waals surface area contributed by atoms with Crippen LogP contribution in [-0.4, -0.2) is 31.6 Å². The van der Waals surface area contributed by atoms with Crippen LogP contribution in [0.25, 0.3) is 0 Å². The van der Waals surface area contributed by atoms with E-state index in [1.807, 2.05) is 19.9 Å². The van der Waals surface area contributed by atoms with Gasteiger partial charge in [0.05, 0.1) is 12.7 Å². The molecule has 0 saturated carbocycles. The average Bonchev–Trinajstić information content (AvgIpc) is 2.66. The quantitative estimate of drug-likeness (QED) is 0.792. The molecule has 94 valence electrons. The van der Waals surface area contributed by atoms with Crippen LogP contribution in [0.4, 0.5) is 0 Å². The van der Waals surface area contributed by atoms with Crippen molar-refractivity contribution < 1.29 is 9.47 Å². The number of nitrogens with one attached hydrogen (secondary N) is 1. The summed E-state index contributed by atoms with van der Waals surface area (Å²) in [5.41, 5.74) is 1.36. The van der Waals surface area contributed by atoms with E-state index in [-0.39, 0.29) is 6.10 Å². The Labute approximate surface area is 103 Å². The third kappa shape index (κ3) is 4.11. The van der Waals surface area contributed by atoms with Gasteiger partial charge in [-0.05, 0) is 32.4 Å². The Balaban J connectivity index is 1.61. The Kier molecular flexibility index (Phi) is 4.15. The molecule has 0 amide bonds. The molecule has 3 heteroatoms. The molecule has 0 aliphatic carbocycles. The fourth-order valence-electron chi connectivity index (χ4n) is 2.00. The van der Waals surface area contributed by atoms with E-state index in [4.69, 9.17) is 9.47 Å². The van der Waals surface area contributed by atoms with Crippen molar-refractivity contribution in [1.29, 1.82) is 0 Å². The summed E-state index contributed by atoms with van der Waals surface area (Å²) < 4.78 is 11.2. The maximum absolute atomic E-state index is 5.72. The van der Waals surface area contributed by atoms with Crippen molar-refractivity contribution >= 4 is 0 Å². The highest BCUT2D eigenvalue weighted by Crippen LogP contribution is 2.21. The van der Waals surface area contributed by atoms with Gasteiger partial charge in [-0.3, -0.25) is 0 Å². The van der Waals surface area contributed by atoms with E-state index in [1.54, 1.807) is 0 Å². The maximum atomic E-state index is 5.72. The zero-order valence-corrected chi connectivity index (χ0v) is 10.6. The van der Waals surface area contributed by atoms with Crippen molar-refractivity contribution in [3.8, 4) is 0 Å². The molecular formula is C14H21NO2. The first-order valence-electron chi connectivity index (χ1n) is 6.22. The van der Waals surface area contributed by atoms with Gasteiger partial charge in [-0.25, -0.2) is 0 Å². The summed E-state index contributed by atoms with van der Waals surface area (Å²) in [5.74, 6) is -0.411. The van der Waals surface area contributed by atoms with Crippen LogP contribution < -0.4 is 5.32 Å². The van der Waals surface area contributed by atoms with Gasteiger partial charge in [0.2, 0.25) is 0 Å². The minimum absolute atomic E-state index is 0.181. The molecule has 0 bridgehead atoms. The number of hydrogen-bond donors (Lipinski definition) is 1. The molecule has 1 aromatic carbocycles. The monoisotopic (exact) mass is 235 g/mol. The zero-order chi connectivity index (χ0) is 12.1. The summed E-state index contributed by atoms with van der Waals surface area (Å²) in [5, 5.41) is 3.41. The third-order valence-corrected chi connectivity index (χ3v) is 2.87. The molecule has 1 aromatic rings. The SMILES string of the molecule is CC1(C)OCC(CNCCc2ccccc2)O1. The highest BCUT2D eigenvalue weighted by atomic mass is 16.7. The van der Waals surface area contributed by atoms with Crippen molar-refractivity contribution in [3.63, 3.8) is 0 Å². The summed E-state index contributed by atoms with van der Waals surface area (Å²) in [6.45, 7) is 6.43. The van der Waals surface area contributed by atoms with Crippen LogP contribution in [0, 0.1) is 0 Å². The second kappa shape index (κ2) is 5.63. The molecule has 0 aromatic heterocycles. The van der Waals surface area contributed by atoms with Crippen molar-refractivity contribution in [2.75, 3.05) is 19.7 Å². The summed E-state index contributed by atoms with van der Waals surface area (Å²) in [7, 11) is 0. The largest absolute Gasteiger partial charge is 0.348 e. The Morgan fingerprint density at radius 1 is 1.29 bits per heavy atom. The van der Waals surface area contributed by atoms with Crippen molar-refractivity contribution in [2.45, 2.75) is 32.2 Å². The molecule has 1 heterocycles. The lowest BCUT2D eigenvalue weighted by molar-refractivity contribution is -0.137. The normalized spacial score (nSPS) is 22.8. The molecule has 0 radical (unpaired) electrons. The number of ether oxygens (including phenoxy) is 2. The van der Waals surface area contributed by atoms with Crippen LogP contribution in [0.15, 0.2) is 30.3 Å². The fraction of sp³-hybridized carbons (Fsp3) is 0.571. The van der Waals surface area contributed by atoms with E-state index < -0.39 is 5.79 Å². The highest BCUT2D eigenvalue weighted by molar-refractivity contribution is 5.14. The van der Waals surface area contributed by atoms with Gasteiger partial charge < -0.3 is 14.8 Å². The summed E-state index contributed by atoms with van der Waals surface area (Å²) in [6, 6.07) is 10.5. The van der Waals surface area contributed by atoms with Gasteiger partial charge in [0, 0.05) is 6.54 Å². The minimum atomic E-state index is -0.411. The topological polar surface area (TPSA) is 30.5 Å². The first-order chi connectivity index (χ1) is 8.16. The molecule has 1 fully saturated rings. The lowest BCUT2D eigenvalue weighted by atomic mass is 10.1. The molecule has 1 saturated heterocycles. The predicted molar refractivity (Wildman–Crippen MR) is 67.9 cm³/mol. The smallest absolute Gasteiger partial charge is 0.163 e. The highest BCUT2D eigenvalue weighted by Gasteiger charge is 2.31. The van der Waals surface area contributed by atoms with Gasteiger partial charge in [0.15, 0.2) is 5.79 Å². The Morgan fingerprint density at radius 3 is 2.71 bits per heavy atom. The molecule has 0 spiro atoms. The second-order valence-electron chi connectivity index (χ2n) is 4.89. The van der Waals surface area contributed by atoms with Crippen molar-refractivity contribution in [2.24, 2.45) is 0 Å². The molecule has 1 aliphatic heterocycles. The van der Waals surface area contributed by atoms with Crippen molar-refractivity contribution in [1.82, 2.24) is 5.32 Å². The summed E-state index contributed by atoms with van der Waals surface area (Å²) in [4.78, 5) is 0. The fourth-order valence-corrected chi connectivity index (χ4v) is 2.00. The van der Waals surface area contributed by atoms with Crippen LogP contribution in [0.2, 0.25) is 0 Å². The van der Waals surface area contributed by atoms with E-state index in [1.165, 1.54) is 5.56 Å². The summed E-state index contributed by atoms with van der Waals surface area (Å²) in [6.07, 6.45) is 1.23. The summed E-state index contributed by atoms with van der Waals surface area (Å²) >= 11 is 0. The molecule has 1 atom stereocenters. The van der Waals surface area contributed by atoms with Gasteiger partial charge in [-0.15, -0.1) is 0 Å². The van der Waals surface area contributed by atoms with Crippen LogP contribution in [0.3, 0.4) is 0 Å². The second-order valence-corrected chi connectivity index (χ2v) is 4.89. The molecule has 2 rings (SSSR count). The molecular weight excluding hydrogens is 214 g/mol. The van der Waals surface area contributed by atoms with Crippen LogP contribution in [0.5, 0.6) is 0 Å². The molecule has 17 heavy (non-hydrogen) atoms. The zero-order valence-electron chi connectivity index (χ0n) is 10.6. The van der Waals surface area contributed by atoms with Crippen LogP contribution in [-0.2, 0) is 15.9 Å². The Morgan fingerprint density at radius 2 is 2.06 bits per heavy atom. The Hall–Kier alpha value is -0.900. The van der Waals surface area contributed by atoms with Crippen molar-refractivity contribution in [3.05, 3.63) is 35.9 Å². The van der Waals surface area contributed by atoms with Gasteiger partial charge in [-0.2, -0.15) is 0 Å². The minimum Gasteiger partial charge on any atom is -0.348 e. The van der Waals surface area contributed by atoms with E-state index in [0.29, 0.717) is 6.61 Å². The lowest BCUT2D eigenvalue weighted by Gasteiger charge is -2.17. The van der Waals surface area contributed by atoms with Gasteiger partial charge >= 0.3 is 0 Å². The maximum Gasteiger partial charge on any atom is 0.163 e. The van der Waals surface area contributed by atoms with E-state index in [0.717, 1.165) is 19.5 Å². The van der Waals surface area contributed by atoms with Crippen LogP contribution >= 0.6 is 0 Å². The third-order valence-electron chi connectivity index (χ3n) is 2.87. The number of benzene rings is 1. The number of hydrogen-bond acceptors (Lipinski definition) is 3. The van der Waals surface area contributed by atoms with Crippen LogP contribution in [0.1, 0.15) is 19.4 Å². The van der Waals surface area contributed by atoms with E-state index in [2.05, 4.69) is 29.6 Å². The first-order valence-corrected chi connectivity index (χ1v) is 6.22. The predicted octanol–water partition coefficient (Wildman–Crippen LogP) is 1.97.